The number of pyridine rings is 1. The van der Waals surface area contributed by atoms with Crippen LogP contribution in [0.25, 0.3) is 10.9 Å². The van der Waals surface area contributed by atoms with Crippen LogP contribution in [0.15, 0.2) is 78.4 Å². The van der Waals surface area contributed by atoms with Gasteiger partial charge in [0.15, 0.2) is 5.72 Å². The molecule has 0 spiro atoms. The number of amides is 8. The third-order valence-electron chi connectivity index (χ3n) is 15.3. The number of nitrogens with one attached hydrogen (secondary N) is 6. The van der Waals surface area contributed by atoms with Crippen LogP contribution in [-0.4, -0.2) is 145 Å². The minimum Gasteiger partial charge on any atom is -0.495 e. The number of carbonyl (C=O) groups is 8. The first-order chi connectivity index (χ1) is 40.7. The molecule has 0 radical (unpaired) electrons. The molecule has 1 unspecified atom stereocenters. The van der Waals surface area contributed by atoms with Crippen molar-refractivity contribution in [3.05, 3.63) is 89.0 Å². The highest BCUT2D eigenvalue weighted by atomic mass is 79.9. The van der Waals surface area contributed by atoms with Gasteiger partial charge in [-0.1, -0.05) is 78.7 Å². The van der Waals surface area contributed by atoms with Crippen molar-refractivity contribution in [1.82, 2.24) is 26.3 Å². The van der Waals surface area contributed by atoms with Crippen LogP contribution < -0.4 is 47.3 Å². The number of esters is 1. The minimum atomic E-state index is -1.89. The number of nitrogens with two attached hydrogens (primary N) is 1. The summed E-state index contributed by atoms with van der Waals surface area (Å²) in [5.74, 6) is -3.13. The van der Waals surface area contributed by atoms with Crippen LogP contribution in [0.2, 0.25) is 5.02 Å². The summed E-state index contributed by atoms with van der Waals surface area (Å²) in [6.07, 6.45) is 0.959. The Labute approximate surface area is 513 Å². The lowest BCUT2D eigenvalue weighted by atomic mass is 9.83. The third-order valence-corrected chi connectivity index (χ3v) is 16.3. The van der Waals surface area contributed by atoms with E-state index in [-0.39, 0.29) is 66.7 Å². The minimum absolute atomic E-state index is 0.0677. The number of alkyl halides is 1. The number of halogens is 2. The lowest BCUT2D eigenvalue weighted by Gasteiger charge is -2.42. The molecular formula is C60H79BrClN9O15. The maximum absolute atomic E-state index is 14.4. The van der Waals surface area contributed by atoms with Gasteiger partial charge in [-0.25, -0.2) is 24.2 Å². The molecule has 8 amide bonds. The molecule has 3 aliphatic rings. The number of alkyl carbamates (subject to hydrolysis) is 1. The van der Waals surface area contributed by atoms with Gasteiger partial charge < -0.3 is 65.4 Å². The first-order valence-electron chi connectivity index (χ1n) is 28.3. The molecule has 26 heteroatoms. The Morgan fingerprint density at radius 1 is 1.01 bits per heavy atom. The molecule has 3 aromatic rings. The number of anilines is 3. The van der Waals surface area contributed by atoms with E-state index in [2.05, 4.69) is 59.4 Å². The number of allylic oxidation sites excluding steroid dienone is 3. The van der Waals surface area contributed by atoms with Crippen molar-refractivity contribution < 1.29 is 71.9 Å². The number of aromatic nitrogens is 1. The average molecular weight is 1280 g/mol. The molecule has 10 atom stereocenters. The smallest absolute Gasteiger partial charge is 0.412 e. The SMILES string of the molecule is C=C(CBr)C(=O)OC(C)CCCCC(=O)N[C@H](C(=O)N[C@@H](CCCNC(N)=O)C(=O)Nc1ccc2cc(NC(=O)O[C@H]3CC(=O)N(C)c4cc(cc(OC)c4Cl)C/C(C)=C/C=C/[C@@H](OC)[C@@]4(O)C[C@H](OC(=O)N4)[C@@H](C)[C@@H]4O[C@@]34C)ccc2n1)C(C)C. The summed E-state index contributed by atoms with van der Waals surface area (Å²) in [7, 11) is 4.42. The summed E-state index contributed by atoms with van der Waals surface area (Å²) in [4.78, 5) is 112. The highest BCUT2D eigenvalue weighted by molar-refractivity contribution is 9.09. The van der Waals surface area contributed by atoms with Crippen LogP contribution in [0.1, 0.15) is 98.5 Å². The number of carbonyl (C=O) groups excluding carboxylic acids is 8. The number of hydrogen-bond acceptors (Lipinski definition) is 16. The number of rotatable bonds is 22. The molecule has 4 heterocycles. The summed E-state index contributed by atoms with van der Waals surface area (Å²) in [5.41, 5.74) is 5.02. The molecule has 2 saturated heterocycles. The number of unbranched alkanes of at least 4 members (excludes halogenated alkanes) is 1. The molecule has 4 bridgehead atoms. The molecule has 468 valence electrons. The fraction of sp³-hybridized carbons (Fsp3) is 0.517. The second kappa shape index (κ2) is 30.3. The fourth-order valence-electron chi connectivity index (χ4n) is 10.3. The number of methoxy groups -OCH3 is 2. The highest BCUT2D eigenvalue weighted by Gasteiger charge is 2.64. The molecule has 0 saturated carbocycles. The van der Waals surface area contributed by atoms with Crippen LogP contribution in [0.5, 0.6) is 5.75 Å². The second-order valence-corrected chi connectivity index (χ2v) is 23.3. The summed E-state index contributed by atoms with van der Waals surface area (Å²) in [6, 6.07) is 8.57. The maximum atomic E-state index is 14.4. The van der Waals surface area contributed by atoms with E-state index < -0.39 is 102 Å². The molecule has 6 rings (SSSR count). The standard InChI is InChI=1S/C60H79BrClN9O15/c1-32(2)51(69-48(72)19-12-11-16-35(5)83-55(76)34(4)31-61)54(75)67-41(17-14-24-64-56(63)77)53(74)68-47-23-20-38-28-39(21-22-40(38)66-47)65-57(78)85-46-29-49(73)71(8)42-26-37(27-43(81-9)50(42)62)25-33(3)15-13-18-45(82-10)60(80)30-44(84-58(79)70-60)36(6)52-59(46,7)86-52/h13,15,18,20-23,26-28,32,35-36,41,44-46,51-52,80H,4,11-12,14,16-17,19,24-25,29-31H2,1-3,5-10H3,(H,65,78)(H,67,75)(H,69,72)(H,70,79)(H3,63,64,77)(H,66,68,74)/b18-13+,33-15+/t35?,36-,41+,44+,45-,46+,51+,52+,59+,60+/m1/s1. The van der Waals surface area contributed by atoms with E-state index in [1.807, 2.05) is 13.0 Å². The van der Waals surface area contributed by atoms with Crippen molar-refractivity contribution in [3.63, 3.8) is 0 Å². The van der Waals surface area contributed by atoms with E-state index in [1.165, 1.54) is 25.2 Å². The average Bonchev–Trinajstić information content (AvgIpc) is 1.66. The number of ether oxygens (including phenoxy) is 6. The zero-order valence-corrected chi connectivity index (χ0v) is 52.2. The number of nitrogens with zero attached hydrogens (tertiary/aromatic N) is 2. The summed E-state index contributed by atoms with van der Waals surface area (Å²) in [5, 5.41) is 28.9. The van der Waals surface area contributed by atoms with E-state index in [0.29, 0.717) is 58.9 Å². The van der Waals surface area contributed by atoms with Crippen LogP contribution >= 0.6 is 27.5 Å². The zero-order chi connectivity index (χ0) is 63.2. The van der Waals surface area contributed by atoms with Gasteiger partial charge in [-0.15, -0.1) is 0 Å². The summed E-state index contributed by atoms with van der Waals surface area (Å²) in [6.45, 7) is 14.4. The van der Waals surface area contributed by atoms with Crippen molar-refractivity contribution in [1.29, 1.82) is 0 Å². The molecule has 86 heavy (non-hydrogen) atoms. The first-order valence-corrected chi connectivity index (χ1v) is 29.8. The number of fused-ring (bicyclic) bond motifs is 6. The van der Waals surface area contributed by atoms with Gasteiger partial charge in [0.1, 0.15) is 52.6 Å². The van der Waals surface area contributed by atoms with E-state index >= 15 is 0 Å². The van der Waals surface area contributed by atoms with Gasteiger partial charge in [-0.3, -0.25) is 29.8 Å². The van der Waals surface area contributed by atoms with Crippen molar-refractivity contribution >= 4 is 103 Å². The number of hydrogen-bond donors (Lipinski definition) is 8. The van der Waals surface area contributed by atoms with Gasteiger partial charge in [0.2, 0.25) is 23.6 Å². The molecule has 2 aromatic carbocycles. The van der Waals surface area contributed by atoms with E-state index in [4.69, 9.17) is 45.8 Å². The Balaban J connectivity index is 1.16. The van der Waals surface area contributed by atoms with Gasteiger partial charge in [0.25, 0.3) is 0 Å². The maximum Gasteiger partial charge on any atom is 0.412 e. The Morgan fingerprint density at radius 2 is 1.76 bits per heavy atom. The number of benzene rings is 2. The Kier molecular flexibility index (Phi) is 23.9. The van der Waals surface area contributed by atoms with Crippen molar-refractivity contribution in [3.8, 4) is 5.75 Å². The Morgan fingerprint density at radius 3 is 2.44 bits per heavy atom. The van der Waals surface area contributed by atoms with Crippen LogP contribution in [0.3, 0.4) is 0 Å². The fourth-order valence-corrected chi connectivity index (χ4v) is 10.8. The lowest BCUT2D eigenvalue weighted by Crippen LogP contribution is -2.63. The monoisotopic (exact) mass is 1280 g/mol. The molecule has 9 N–H and O–H groups in total. The third kappa shape index (κ3) is 18.1. The van der Waals surface area contributed by atoms with Crippen LogP contribution in [0, 0.1) is 11.8 Å². The number of urea groups is 1. The molecule has 3 aliphatic heterocycles. The number of aliphatic hydroxyl groups is 1. The van der Waals surface area contributed by atoms with E-state index in [9.17, 15) is 43.5 Å². The first kappa shape index (κ1) is 67.8. The Hall–Kier alpha value is -7.32. The highest BCUT2D eigenvalue weighted by Crippen LogP contribution is 2.49. The molecule has 1 aromatic heterocycles. The predicted molar refractivity (Wildman–Crippen MR) is 326 cm³/mol. The Bertz CT molecular complexity index is 3090. The van der Waals surface area contributed by atoms with Crippen LogP contribution in [0.4, 0.5) is 31.6 Å². The van der Waals surface area contributed by atoms with Gasteiger partial charge in [-0.05, 0) is 113 Å². The molecule has 2 fully saturated rings. The van der Waals surface area contributed by atoms with Gasteiger partial charge in [-0.2, -0.15) is 0 Å². The van der Waals surface area contributed by atoms with Crippen molar-refractivity contribution in [2.75, 3.05) is 48.7 Å². The largest absolute Gasteiger partial charge is 0.495 e. The quantitative estimate of drug-likeness (QED) is 0.0121. The summed E-state index contributed by atoms with van der Waals surface area (Å²) >= 11 is 10.0. The van der Waals surface area contributed by atoms with E-state index in [0.717, 1.165) is 11.1 Å². The second-order valence-electron chi connectivity index (χ2n) is 22.4. The van der Waals surface area contributed by atoms with Crippen molar-refractivity contribution in [2.24, 2.45) is 17.6 Å². The molecule has 0 aliphatic carbocycles. The topological polar surface area (TPSA) is 330 Å². The normalized spacial score (nSPS) is 24.2. The molecular weight excluding hydrogens is 1200 g/mol. The van der Waals surface area contributed by atoms with Gasteiger partial charge in [0, 0.05) is 61.4 Å². The van der Waals surface area contributed by atoms with Gasteiger partial charge >= 0.3 is 24.2 Å². The number of primary amides is 1. The van der Waals surface area contributed by atoms with Crippen LogP contribution in [-0.2, 0) is 54.1 Å². The van der Waals surface area contributed by atoms with Crippen molar-refractivity contribution in [2.45, 2.75) is 153 Å². The lowest BCUT2D eigenvalue weighted by molar-refractivity contribution is -0.144. The van der Waals surface area contributed by atoms with E-state index in [1.54, 1.807) is 90.2 Å². The number of epoxide rings is 1. The molecule has 24 nitrogen and oxygen atoms in total. The summed E-state index contributed by atoms with van der Waals surface area (Å²) < 4.78 is 34.8. The van der Waals surface area contributed by atoms with Gasteiger partial charge in [0.05, 0.1) is 36.9 Å². The zero-order valence-electron chi connectivity index (χ0n) is 49.8. The predicted octanol–water partition coefficient (Wildman–Crippen LogP) is 7.38.